The number of hydrogen-bond acceptors (Lipinski definition) is 4. The number of rotatable bonds is 6. The summed E-state index contributed by atoms with van der Waals surface area (Å²) in [6.45, 7) is 0.498. The Balaban J connectivity index is 1.24. The first-order valence-electron chi connectivity index (χ1n) is 12.5. The van der Waals surface area contributed by atoms with Crippen LogP contribution in [-0.4, -0.2) is 25.1 Å². The quantitative estimate of drug-likeness (QED) is 0.253. The predicted molar refractivity (Wildman–Crippen MR) is 151 cm³/mol. The maximum Gasteiger partial charge on any atom is 0.138 e. The average Bonchev–Trinajstić information content (AvgIpc) is 3.61. The molecule has 6 nitrogen and oxygen atoms in total. The molecular weight excluding hydrogens is 470 g/mol. The summed E-state index contributed by atoms with van der Waals surface area (Å²) < 4.78 is 6.01. The highest BCUT2D eigenvalue weighted by molar-refractivity contribution is 6.01. The SMILES string of the molecule is c1ccc(COc2cncc(-c3ccc4[nH]nc(-c5cc6c(-c7ccccn7)cccc6[nH]5)c4c3)c2)cc1. The van der Waals surface area contributed by atoms with E-state index in [0.29, 0.717) is 6.61 Å². The molecule has 0 aliphatic carbocycles. The Bertz CT molecular complexity index is 1870. The first-order valence-corrected chi connectivity index (χ1v) is 12.5. The predicted octanol–water partition coefficient (Wildman–Crippen LogP) is 7.41. The molecule has 0 bridgehead atoms. The Hall–Kier alpha value is -5.23. The number of benzene rings is 3. The Morgan fingerprint density at radius 3 is 2.53 bits per heavy atom. The van der Waals surface area contributed by atoms with Crippen molar-refractivity contribution < 1.29 is 4.74 Å². The fourth-order valence-corrected chi connectivity index (χ4v) is 4.82. The lowest BCUT2D eigenvalue weighted by Gasteiger charge is -2.08. The van der Waals surface area contributed by atoms with E-state index in [4.69, 9.17) is 4.74 Å². The first kappa shape index (κ1) is 22.0. The van der Waals surface area contributed by atoms with Crippen LogP contribution in [0.4, 0.5) is 0 Å². The maximum absolute atomic E-state index is 6.01. The number of aromatic nitrogens is 5. The highest BCUT2D eigenvalue weighted by atomic mass is 16.5. The van der Waals surface area contributed by atoms with Crippen LogP contribution in [0.2, 0.25) is 0 Å². The molecule has 2 N–H and O–H groups in total. The molecule has 7 aromatic rings. The van der Waals surface area contributed by atoms with Gasteiger partial charge in [-0.15, -0.1) is 0 Å². The van der Waals surface area contributed by atoms with Crippen LogP contribution in [0.25, 0.3) is 55.6 Å². The van der Waals surface area contributed by atoms with Crippen molar-refractivity contribution in [2.75, 3.05) is 0 Å². The topological polar surface area (TPSA) is 79.5 Å². The van der Waals surface area contributed by atoms with Crippen LogP contribution in [0.5, 0.6) is 5.75 Å². The van der Waals surface area contributed by atoms with E-state index in [1.165, 1.54) is 0 Å². The molecule has 0 saturated carbocycles. The van der Waals surface area contributed by atoms with E-state index >= 15 is 0 Å². The van der Waals surface area contributed by atoms with Crippen molar-refractivity contribution in [2.45, 2.75) is 6.61 Å². The van der Waals surface area contributed by atoms with E-state index in [-0.39, 0.29) is 0 Å². The second-order valence-corrected chi connectivity index (χ2v) is 9.18. The Morgan fingerprint density at radius 2 is 1.63 bits per heavy atom. The van der Waals surface area contributed by atoms with Crippen molar-refractivity contribution in [3.8, 4) is 39.5 Å². The van der Waals surface area contributed by atoms with Gasteiger partial charge < -0.3 is 9.72 Å². The van der Waals surface area contributed by atoms with E-state index in [1.807, 2.05) is 60.9 Å². The van der Waals surface area contributed by atoms with Crippen LogP contribution in [0.3, 0.4) is 0 Å². The van der Waals surface area contributed by atoms with Crippen LogP contribution < -0.4 is 4.74 Å². The number of fused-ring (bicyclic) bond motifs is 2. The van der Waals surface area contributed by atoms with Gasteiger partial charge in [0.1, 0.15) is 18.1 Å². The summed E-state index contributed by atoms with van der Waals surface area (Å²) >= 11 is 0. The molecule has 0 saturated heterocycles. The zero-order valence-electron chi connectivity index (χ0n) is 20.4. The van der Waals surface area contributed by atoms with Gasteiger partial charge in [-0.25, -0.2) is 0 Å². The molecule has 0 unspecified atom stereocenters. The lowest BCUT2D eigenvalue weighted by molar-refractivity contribution is 0.305. The highest BCUT2D eigenvalue weighted by Crippen LogP contribution is 2.35. The molecule has 7 rings (SSSR count). The largest absolute Gasteiger partial charge is 0.487 e. The van der Waals surface area contributed by atoms with Gasteiger partial charge >= 0.3 is 0 Å². The fraction of sp³-hybridized carbons (Fsp3) is 0.0312. The summed E-state index contributed by atoms with van der Waals surface area (Å²) in [6.07, 6.45) is 5.43. The first-order chi connectivity index (χ1) is 18.8. The van der Waals surface area contributed by atoms with Crippen LogP contribution in [0.15, 0.2) is 116 Å². The van der Waals surface area contributed by atoms with Crippen molar-refractivity contribution >= 4 is 21.8 Å². The molecule has 4 heterocycles. The minimum absolute atomic E-state index is 0.498. The molecular formula is C32H23N5O. The number of pyridine rings is 2. The number of ether oxygens (including phenoxy) is 1. The van der Waals surface area contributed by atoms with Crippen LogP contribution >= 0.6 is 0 Å². The van der Waals surface area contributed by atoms with E-state index in [9.17, 15) is 0 Å². The minimum Gasteiger partial charge on any atom is -0.487 e. The van der Waals surface area contributed by atoms with Crippen molar-refractivity contribution in [3.05, 3.63) is 121 Å². The summed E-state index contributed by atoms with van der Waals surface area (Å²) in [4.78, 5) is 12.5. The average molecular weight is 494 g/mol. The third-order valence-corrected chi connectivity index (χ3v) is 6.72. The van der Waals surface area contributed by atoms with E-state index < -0.39 is 0 Å². The van der Waals surface area contributed by atoms with Gasteiger partial charge in [0.25, 0.3) is 0 Å². The molecule has 0 amide bonds. The van der Waals surface area contributed by atoms with Crippen molar-refractivity contribution in [3.63, 3.8) is 0 Å². The summed E-state index contributed by atoms with van der Waals surface area (Å²) in [5.41, 5.74) is 9.01. The number of nitrogens with one attached hydrogen (secondary N) is 2. The van der Waals surface area contributed by atoms with E-state index in [2.05, 4.69) is 73.7 Å². The lowest BCUT2D eigenvalue weighted by Crippen LogP contribution is -1.95. The molecule has 4 aromatic heterocycles. The molecule has 0 radical (unpaired) electrons. The summed E-state index contributed by atoms with van der Waals surface area (Å²) in [5, 5.41) is 9.99. The zero-order chi connectivity index (χ0) is 25.3. The van der Waals surface area contributed by atoms with Crippen molar-refractivity contribution in [1.29, 1.82) is 0 Å². The van der Waals surface area contributed by atoms with Gasteiger partial charge in [-0.3, -0.25) is 15.1 Å². The van der Waals surface area contributed by atoms with Gasteiger partial charge in [-0.05, 0) is 53.6 Å². The normalized spacial score (nSPS) is 11.3. The maximum atomic E-state index is 6.01. The van der Waals surface area contributed by atoms with E-state index in [0.717, 1.165) is 66.9 Å². The van der Waals surface area contributed by atoms with Gasteiger partial charge in [0.15, 0.2) is 0 Å². The molecule has 38 heavy (non-hydrogen) atoms. The molecule has 6 heteroatoms. The molecule has 0 fully saturated rings. The molecule has 0 atom stereocenters. The smallest absolute Gasteiger partial charge is 0.138 e. The van der Waals surface area contributed by atoms with Crippen LogP contribution in [0.1, 0.15) is 5.56 Å². The van der Waals surface area contributed by atoms with Crippen molar-refractivity contribution in [2.24, 2.45) is 0 Å². The summed E-state index contributed by atoms with van der Waals surface area (Å²) in [6, 6.07) is 32.8. The fourth-order valence-electron chi connectivity index (χ4n) is 4.82. The zero-order valence-corrected chi connectivity index (χ0v) is 20.4. The Labute approximate surface area is 219 Å². The molecule has 182 valence electrons. The minimum atomic E-state index is 0.498. The summed E-state index contributed by atoms with van der Waals surface area (Å²) in [7, 11) is 0. The number of nitrogens with zero attached hydrogens (tertiary/aromatic N) is 3. The van der Waals surface area contributed by atoms with Gasteiger partial charge in [-0.2, -0.15) is 5.10 Å². The monoisotopic (exact) mass is 493 g/mol. The molecule has 0 spiro atoms. The number of H-pyrrole nitrogens is 2. The molecule has 0 aliphatic heterocycles. The standard InChI is InChI=1S/C32H23N5O/c1-2-7-21(8-3-1)20-38-24-15-23(18-33-19-24)22-12-13-30-27(16-22)32(37-36-30)31-17-26-25(9-6-11-29(26)35-31)28-10-4-5-14-34-28/h1-19,35H,20H2,(H,36,37). The second-order valence-electron chi connectivity index (χ2n) is 9.18. The second kappa shape index (κ2) is 9.33. The number of aromatic amines is 2. The summed E-state index contributed by atoms with van der Waals surface area (Å²) in [5.74, 6) is 0.733. The third-order valence-electron chi connectivity index (χ3n) is 6.72. The molecule has 0 aliphatic rings. The van der Waals surface area contributed by atoms with Crippen molar-refractivity contribution in [1.82, 2.24) is 25.1 Å². The van der Waals surface area contributed by atoms with Gasteiger partial charge in [0, 0.05) is 39.8 Å². The van der Waals surface area contributed by atoms with Crippen LogP contribution in [-0.2, 0) is 6.61 Å². The lowest BCUT2D eigenvalue weighted by atomic mass is 10.0. The Kier molecular flexibility index (Phi) is 5.40. The van der Waals surface area contributed by atoms with Crippen LogP contribution in [0, 0.1) is 0 Å². The number of hydrogen-bond donors (Lipinski definition) is 2. The highest BCUT2D eigenvalue weighted by Gasteiger charge is 2.15. The van der Waals surface area contributed by atoms with Gasteiger partial charge in [-0.1, -0.05) is 54.6 Å². The molecule has 3 aromatic carbocycles. The third kappa shape index (κ3) is 4.08. The van der Waals surface area contributed by atoms with E-state index in [1.54, 1.807) is 6.20 Å². The van der Waals surface area contributed by atoms with Gasteiger partial charge in [0.2, 0.25) is 0 Å². The Morgan fingerprint density at radius 1 is 0.711 bits per heavy atom. The van der Waals surface area contributed by atoms with Gasteiger partial charge in [0.05, 0.1) is 23.1 Å².